The van der Waals surface area contributed by atoms with E-state index in [-0.39, 0.29) is 12.0 Å². The third-order valence-corrected chi connectivity index (χ3v) is 3.80. The molecule has 0 bridgehead atoms. The Morgan fingerprint density at radius 3 is 2.47 bits per heavy atom. The Bertz CT molecular complexity index is 230. The van der Waals surface area contributed by atoms with E-state index in [9.17, 15) is 4.79 Å². The summed E-state index contributed by atoms with van der Waals surface area (Å²) in [6, 6.07) is 0.665. The monoisotopic (exact) mass is 213 g/mol. The van der Waals surface area contributed by atoms with Gasteiger partial charge < -0.3 is 5.11 Å². The van der Waals surface area contributed by atoms with Gasteiger partial charge in [-0.1, -0.05) is 13.8 Å². The molecule has 0 saturated carbocycles. The fraction of sp³-hybridized carbons (Fsp3) is 0.917. The lowest BCUT2D eigenvalue weighted by atomic mass is 9.91. The summed E-state index contributed by atoms with van der Waals surface area (Å²) < 4.78 is 0. The van der Waals surface area contributed by atoms with E-state index in [1.165, 1.54) is 12.8 Å². The van der Waals surface area contributed by atoms with Crippen LogP contribution in [0.2, 0.25) is 0 Å². The molecule has 88 valence electrons. The molecule has 0 spiro atoms. The second kappa shape index (κ2) is 4.97. The van der Waals surface area contributed by atoms with E-state index in [1.54, 1.807) is 6.92 Å². The second-order valence-corrected chi connectivity index (χ2v) is 5.10. The van der Waals surface area contributed by atoms with Crippen molar-refractivity contribution in [2.75, 3.05) is 6.54 Å². The van der Waals surface area contributed by atoms with Gasteiger partial charge in [0.25, 0.3) is 0 Å². The lowest BCUT2D eigenvalue weighted by molar-refractivity contribution is -0.144. The molecule has 4 atom stereocenters. The average Bonchev–Trinajstić information content (AvgIpc) is 2.19. The standard InChI is InChI=1S/C12H23NO2/c1-8-5-6-9(2)13(7-8)11(4)10(3)12(14)15/h8-11H,5-7H2,1-4H3,(H,14,15). The van der Waals surface area contributed by atoms with E-state index in [4.69, 9.17) is 5.11 Å². The van der Waals surface area contributed by atoms with Gasteiger partial charge in [0, 0.05) is 18.6 Å². The smallest absolute Gasteiger partial charge is 0.307 e. The third kappa shape index (κ3) is 2.94. The molecule has 1 saturated heterocycles. The molecular weight excluding hydrogens is 190 g/mol. The van der Waals surface area contributed by atoms with Crippen molar-refractivity contribution in [3.05, 3.63) is 0 Å². The van der Waals surface area contributed by atoms with E-state index in [0.717, 1.165) is 6.54 Å². The molecule has 4 unspecified atom stereocenters. The first-order valence-electron chi connectivity index (χ1n) is 5.92. The van der Waals surface area contributed by atoms with Gasteiger partial charge in [0.15, 0.2) is 0 Å². The molecule has 0 aromatic heterocycles. The fourth-order valence-corrected chi connectivity index (χ4v) is 2.38. The average molecular weight is 213 g/mol. The molecule has 1 fully saturated rings. The molecule has 15 heavy (non-hydrogen) atoms. The molecule has 1 N–H and O–H groups in total. The second-order valence-electron chi connectivity index (χ2n) is 5.10. The summed E-state index contributed by atoms with van der Waals surface area (Å²) in [4.78, 5) is 13.3. The lowest BCUT2D eigenvalue weighted by Crippen LogP contribution is -2.49. The molecule has 1 aliphatic heterocycles. The predicted molar refractivity (Wildman–Crippen MR) is 60.8 cm³/mol. The van der Waals surface area contributed by atoms with Crippen molar-refractivity contribution in [3.63, 3.8) is 0 Å². The van der Waals surface area contributed by atoms with Crippen molar-refractivity contribution in [1.29, 1.82) is 0 Å². The van der Waals surface area contributed by atoms with Crippen LogP contribution in [0.4, 0.5) is 0 Å². The number of aliphatic carboxylic acids is 1. The number of nitrogens with zero attached hydrogens (tertiary/aromatic N) is 1. The van der Waals surface area contributed by atoms with Gasteiger partial charge in [-0.3, -0.25) is 9.69 Å². The van der Waals surface area contributed by atoms with Crippen LogP contribution < -0.4 is 0 Å². The van der Waals surface area contributed by atoms with Crippen molar-refractivity contribution in [3.8, 4) is 0 Å². The zero-order valence-electron chi connectivity index (χ0n) is 10.2. The number of hydrogen-bond donors (Lipinski definition) is 1. The maximum Gasteiger partial charge on any atom is 0.307 e. The van der Waals surface area contributed by atoms with Crippen LogP contribution >= 0.6 is 0 Å². The molecule has 3 nitrogen and oxygen atoms in total. The van der Waals surface area contributed by atoms with Crippen LogP contribution in [0.1, 0.15) is 40.5 Å². The van der Waals surface area contributed by atoms with Gasteiger partial charge in [-0.05, 0) is 32.6 Å². The summed E-state index contributed by atoms with van der Waals surface area (Å²) in [7, 11) is 0. The molecule has 1 aliphatic rings. The molecule has 1 rings (SSSR count). The van der Waals surface area contributed by atoms with Gasteiger partial charge in [-0.2, -0.15) is 0 Å². The maximum absolute atomic E-state index is 10.9. The van der Waals surface area contributed by atoms with Crippen molar-refractivity contribution < 1.29 is 9.90 Å². The Morgan fingerprint density at radius 2 is 1.93 bits per heavy atom. The Kier molecular flexibility index (Phi) is 4.14. The van der Waals surface area contributed by atoms with Gasteiger partial charge in [-0.25, -0.2) is 0 Å². The Labute approximate surface area is 92.5 Å². The van der Waals surface area contributed by atoms with Gasteiger partial charge in [0.1, 0.15) is 0 Å². The van der Waals surface area contributed by atoms with E-state index >= 15 is 0 Å². The molecule has 0 aromatic carbocycles. The number of carboxylic acid groups (broad SMARTS) is 1. The van der Waals surface area contributed by atoms with E-state index in [0.29, 0.717) is 12.0 Å². The first-order valence-corrected chi connectivity index (χ1v) is 5.92. The Balaban J connectivity index is 2.63. The summed E-state index contributed by atoms with van der Waals surface area (Å²) in [6.07, 6.45) is 2.46. The van der Waals surface area contributed by atoms with E-state index < -0.39 is 5.97 Å². The van der Waals surface area contributed by atoms with E-state index in [2.05, 4.69) is 18.7 Å². The number of hydrogen-bond acceptors (Lipinski definition) is 2. The van der Waals surface area contributed by atoms with Crippen LogP contribution in [0.5, 0.6) is 0 Å². The van der Waals surface area contributed by atoms with Crippen LogP contribution in [-0.4, -0.2) is 34.6 Å². The van der Waals surface area contributed by atoms with Crippen LogP contribution in [0, 0.1) is 11.8 Å². The minimum atomic E-state index is -0.687. The number of carboxylic acids is 1. The highest BCUT2D eigenvalue weighted by atomic mass is 16.4. The van der Waals surface area contributed by atoms with E-state index in [1.807, 2.05) is 6.92 Å². The summed E-state index contributed by atoms with van der Waals surface area (Å²) in [5, 5.41) is 9.01. The fourth-order valence-electron chi connectivity index (χ4n) is 2.38. The zero-order valence-corrected chi connectivity index (χ0v) is 10.2. The summed E-state index contributed by atoms with van der Waals surface area (Å²) in [6.45, 7) is 9.33. The molecule has 3 heteroatoms. The SMILES string of the molecule is CC1CCC(C)N(C(C)C(C)C(=O)O)C1. The predicted octanol–water partition coefficient (Wildman–Crippen LogP) is 2.22. The molecular formula is C12H23NO2. The van der Waals surface area contributed by atoms with Crippen LogP contribution in [0.3, 0.4) is 0 Å². The van der Waals surface area contributed by atoms with Gasteiger partial charge in [-0.15, -0.1) is 0 Å². The Hall–Kier alpha value is -0.570. The minimum Gasteiger partial charge on any atom is -0.481 e. The molecule has 1 heterocycles. The van der Waals surface area contributed by atoms with Gasteiger partial charge in [0.2, 0.25) is 0 Å². The molecule has 0 aliphatic carbocycles. The zero-order chi connectivity index (χ0) is 11.6. The Morgan fingerprint density at radius 1 is 1.33 bits per heavy atom. The van der Waals surface area contributed by atoms with Gasteiger partial charge in [0.05, 0.1) is 5.92 Å². The largest absolute Gasteiger partial charge is 0.481 e. The van der Waals surface area contributed by atoms with Crippen molar-refractivity contribution in [2.45, 2.75) is 52.6 Å². The van der Waals surface area contributed by atoms with Crippen molar-refractivity contribution in [1.82, 2.24) is 4.90 Å². The minimum absolute atomic E-state index is 0.139. The first-order chi connectivity index (χ1) is 6.93. The quantitative estimate of drug-likeness (QED) is 0.781. The highest BCUT2D eigenvalue weighted by molar-refractivity contribution is 5.70. The topological polar surface area (TPSA) is 40.5 Å². The van der Waals surface area contributed by atoms with Crippen molar-refractivity contribution >= 4 is 5.97 Å². The number of rotatable bonds is 3. The van der Waals surface area contributed by atoms with Crippen LogP contribution in [0.15, 0.2) is 0 Å². The third-order valence-electron chi connectivity index (χ3n) is 3.80. The number of carbonyl (C=O) groups is 1. The molecule has 0 amide bonds. The summed E-state index contributed by atoms with van der Waals surface area (Å²) in [5.41, 5.74) is 0. The summed E-state index contributed by atoms with van der Waals surface area (Å²) in [5.74, 6) is -0.268. The number of likely N-dealkylation sites (tertiary alicyclic amines) is 1. The van der Waals surface area contributed by atoms with Crippen molar-refractivity contribution in [2.24, 2.45) is 11.8 Å². The molecule has 0 radical (unpaired) electrons. The lowest BCUT2D eigenvalue weighted by Gasteiger charge is -2.42. The highest BCUT2D eigenvalue weighted by Gasteiger charge is 2.31. The summed E-state index contributed by atoms with van der Waals surface area (Å²) >= 11 is 0. The van der Waals surface area contributed by atoms with Gasteiger partial charge >= 0.3 is 5.97 Å². The highest BCUT2D eigenvalue weighted by Crippen LogP contribution is 2.25. The molecule has 0 aromatic rings. The van der Waals surface area contributed by atoms with Crippen LogP contribution in [-0.2, 0) is 4.79 Å². The normalized spacial score (nSPS) is 32.3. The first kappa shape index (κ1) is 12.5. The number of piperidine rings is 1. The van der Waals surface area contributed by atoms with Crippen LogP contribution in [0.25, 0.3) is 0 Å². The maximum atomic E-state index is 10.9.